The highest BCUT2D eigenvalue weighted by Crippen LogP contribution is 2.35. The molecule has 0 aliphatic heterocycles. The first-order valence-electron chi connectivity index (χ1n) is 7.35. The van der Waals surface area contributed by atoms with Crippen LogP contribution in [0, 0.1) is 6.92 Å². The van der Waals surface area contributed by atoms with Gasteiger partial charge in [-0.2, -0.15) is 11.3 Å². The molecule has 0 bridgehead atoms. The van der Waals surface area contributed by atoms with Crippen LogP contribution in [0.5, 0.6) is 0 Å². The van der Waals surface area contributed by atoms with Gasteiger partial charge in [-0.3, -0.25) is 0 Å². The average Bonchev–Trinajstić information content (AvgIpc) is 3.15. The highest BCUT2D eigenvalue weighted by Gasteiger charge is 2.30. The van der Waals surface area contributed by atoms with Crippen molar-refractivity contribution in [2.45, 2.75) is 38.8 Å². The Labute approximate surface area is 125 Å². The lowest BCUT2D eigenvalue weighted by Gasteiger charge is -2.26. The Morgan fingerprint density at radius 2 is 2.10 bits per heavy atom. The molecule has 0 spiro atoms. The number of hydrogen-bond acceptors (Lipinski definition) is 3. The minimum absolute atomic E-state index is 0.722. The van der Waals surface area contributed by atoms with Crippen molar-refractivity contribution in [3.8, 4) is 0 Å². The van der Waals surface area contributed by atoms with Crippen molar-refractivity contribution in [1.29, 1.82) is 0 Å². The Bertz CT molecular complexity index is 558. The van der Waals surface area contributed by atoms with E-state index in [4.69, 9.17) is 5.73 Å². The highest BCUT2D eigenvalue weighted by molar-refractivity contribution is 7.07. The number of rotatable bonds is 6. The van der Waals surface area contributed by atoms with Crippen LogP contribution in [-0.4, -0.2) is 12.6 Å². The molecule has 0 unspecified atom stereocenters. The second-order valence-corrected chi connectivity index (χ2v) is 6.43. The lowest BCUT2D eigenvalue weighted by atomic mass is 10.1. The molecule has 0 atom stereocenters. The molecule has 0 radical (unpaired) electrons. The molecule has 1 heterocycles. The van der Waals surface area contributed by atoms with Crippen LogP contribution in [0.3, 0.4) is 0 Å². The van der Waals surface area contributed by atoms with Gasteiger partial charge in [-0.15, -0.1) is 0 Å². The summed E-state index contributed by atoms with van der Waals surface area (Å²) in [5, 5.41) is 4.42. The third-order valence-electron chi connectivity index (χ3n) is 3.92. The van der Waals surface area contributed by atoms with Gasteiger partial charge in [-0.25, -0.2) is 0 Å². The molecular weight excluding hydrogens is 264 g/mol. The summed E-state index contributed by atoms with van der Waals surface area (Å²) in [4.78, 5) is 2.57. The maximum absolute atomic E-state index is 5.65. The lowest BCUT2D eigenvalue weighted by molar-refractivity contribution is 0.792. The van der Waals surface area contributed by atoms with Gasteiger partial charge in [0.25, 0.3) is 0 Å². The van der Waals surface area contributed by atoms with Gasteiger partial charge < -0.3 is 10.6 Å². The largest absolute Gasteiger partial charge is 0.364 e. The van der Waals surface area contributed by atoms with Crippen LogP contribution in [0.2, 0.25) is 0 Å². The molecule has 20 heavy (non-hydrogen) atoms. The van der Waals surface area contributed by atoms with Crippen molar-refractivity contribution in [2.24, 2.45) is 5.73 Å². The van der Waals surface area contributed by atoms with Gasteiger partial charge in [-0.05, 0) is 72.3 Å². The van der Waals surface area contributed by atoms with Crippen LogP contribution >= 0.6 is 11.3 Å². The van der Waals surface area contributed by atoms with Gasteiger partial charge in [-0.1, -0.05) is 12.1 Å². The first-order chi connectivity index (χ1) is 9.78. The lowest BCUT2D eigenvalue weighted by Crippen LogP contribution is -2.25. The molecule has 0 amide bonds. The summed E-state index contributed by atoms with van der Waals surface area (Å²) in [5.41, 5.74) is 11.2. The zero-order chi connectivity index (χ0) is 13.9. The van der Waals surface area contributed by atoms with E-state index >= 15 is 0 Å². The van der Waals surface area contributed by atoms with Crippen LogP contribution in [-0.2, 0) is 13.0 Å². The van der Waals surface area contributed by atoms with Gasteiger partial charge in [0.05, 0.1) is 0 Å². The van der Waals surface area contributed by atoms with Crippen molar-refractivity contribution < 1.29 is 0 Å². The van der Waals surface area contributed by atoms with Crippen LogP contribution in [0.15, 0.2) is 35.0 Å². The fourth-order valence-corrected chi connectivity index (χ4v) is 3.40. The van der Waals surface area contributed by atoms with Crippen molar-refractivity contribution in [1.82, 2.24) is 0 Å². The summed E-state index contributed by atoms with van der Waals surface area (Å²) < 4.78 is 0. The van der Waals surface area contributed by atoms with Crippen molar-refractivity contribution >= 4 is 17.0 Å². The number of thiophene rings is 1. The molecule has 1 aliphatic carbocycles. The number of benzene rings is 1. The average molecular weight is 286 g/mol. The van der Waals surface area contributed by atoms with E-state index in [0.29, 0.717) is 0 Å². The molecule has 1 aromatic heterocycles. The summed E-state index contributed by atoms with van der Waals surface area (Å²) >= 11 is 1.78. The number of nitrogens with zero attached hydrogens (tertiary/aromatic N) is 1. The predicted octanol–water partition coefficient (Wildman–Crippen LogP) is 3.73. The third kappa shape index (κ3) is 3.05. The van der Waals surface area contributed by atoms with E-state index in [9.17, 15) is 0 Å². The van der Waals surface area contributed by atoms with E-state index in [1.807, 2.05) is 0 Å². The molecule has 1 saturated carbocycles. The summed E-state index contributed by atoms with van der Waals surface area (Å²) in [6.45, 7) is 3.98. The Balaban J connectivity index is 1.83. The zero-order valence-electron chi connectivity index (χ0n) is 12.0. The molecule has 1 fully saturated rings. The van der Waals surface area contributed by atoms with Crippen LogP contribution in [0.25, 0.3) is 0 Å². The molecule has 3 heteroatoms. The minimum Gasteiger partial charge on any atom is -0.364 e. The molecule has 3 rings (SSSR count). The van der Waals surface area contributed by atoms with E-state index in [1.165, 1.54) is 35.2 Å². The first kappa shape index (κ1) is 13.7. The molecular formula is C17H22N2S. The Morgan fingerprint density at radius 1 is 1.25 bits per heavy atom. The standard InChI is InChI=1S/C17H22N2S/c1-13-10-14(6-8-18)2-5-17(13)19(16-3-4-16)11-15-7-9-20-12-15/h2,5,7,9-10,12,16H,3-4,6,8,11,18H2,1H3. The molecule has 0 saturated heterocycles. The summed E-state index contributed by atoms with van der Waals surface area (Å²) in [6.07, 6.45) is 3.62. The van der Waals surface area contributed by atoms with Crippen molar-refractivity contribution in [2.75, 3.05) is 11.4 Å². The molecule has 2 aromatic rings. The van der Waals surface area contributed by atoms with Crippen LogP contribution in [0.1, 0.15) is 29.5 Å². The molecule has 1 aliphatic rings. The third-order valence-corrected chi connectivity index (χ3v) is 4.66. The highest BCUT2D eigenvalue weighted by atomic mass is 32.1. The molecule has 1 aromatic carbocycles. The number of nitrogens with two attached hydrogens (primary N) is 1. The van der Waals surface area contributed by atoms with Crippen molar-refractivity contribution in [3.05, 3.63) is 51.7 Å². The molecule has 106 valence electrons. The number of anilines is 1. The Hall–Kier alpha value is -1.32. The predicted molar refractivity (Wildman–Crippen MR) is 87.5 cm³/mol. The van der Waals surface area contributed by atoms with E-state index < -0.39 is 0 Å². The second-order valence-electron chi connectivity index (χ2n) is 5.65. The van der Waals surface area contributed by atoms with E-state index in [0.717, 1.165) is 25.6 Å². The van der Waals surface area contributed by atoms with E-state index in [-0.39, 0.29) is 0 Å². The monoisotopic (exact) mass is 286 g/mol. The van der Waals surface area contributed by atoms with Gasteiger partial charge >= 0.3 is 0 Å². The Morgan fingerprint density at radius 3 is 2.70 bits per heavy atom. The van der Waals surface area contributed by atoms with E-state index in [1.54, 1.807) is 11.3 Å². The Kier molecular flexibility index (Phi) is 4.08. The van der Waals surface area contributed by atoms with Gasteiger partial charge in [0, 0.05) is 18.3 Å². The number of hydrogen-bond donors (Lipinski definition) is 1. The fraction of sp³-hybridized carbons (Fsp3) is 0.412. The maximum atomic E-state index is 5.65. The smallest absolute Gasteiger partial charge is 0.0440 e. The first-order valence-corrected chi connectivity index (χ1v) is 8.29. The van der Waals surface area contributed by atoms with Gasteiger partial charge in [0.1, 0.15) is 0 Å². The SMILES string of the molecule is Cc1cc(CCN)ccc1N(Cc1ccsc1)C1CC1. The minimum atomic E-state index is 0.722. The topological polar surface area (TPSA) is 29.3 Å². The fourth-order valence-electron chi connectivity index (χ4n) is 2.74. The summed E-state index contributed by atoms with van der Waals surface area (Å²) in [6, 6.07) is 9.78. The molecule has 2 N–H and O–H groups in total. The maximum Gasteiger partial charge on any atom is 0.0440 e. The quantitative estimate of drug-likeness (QED) is 0.877. The molecule has 2 nitrogen and oxygen atoms in total. The van der Waals surface area contributed by atoms with Crippen LogP contribution in [0.4, 0.5) is 5.69 Å². The van der Waals surface area contributed by atoms with Crippen LogP contribution < -0.4 is 10.6 Å². The van der Waals surface area contributed by atoms with Crippen molar-refractivity contribution in [3.63, 3.8) is 0 Å². The zero-order valence-corrected chi connectivity index (χ0v) is 12.8. The summed E-state index contributed by atoms with van der Waals surface area (Å²) in [5.74, 6) is 0. The van der Waals surface area contributed by atoms with Gasteiger partial charge in [0.15, 0.2) is 0 Å². The van der Waals surface area contributed by atoms with Gasteiger partial charge in [0.2, 0.25) is 0 Å². The second kappa shape index (κ2) is 5.98. The normalized spacial score (nSPS) is 14.5. The van der Waals surface area contributed by atoms with E-state index in [2.05, 4.69) is 46.8 Å². The number of aryl methyl sites for hydroxylation is 1. The summed E-state index contributed by atoms with van der Waals surface area (Å²) in [7, 11) is 0.